The number of aliphatic carboxylic acids is 1. The number of carbonyl (C=O) groups excluding carboxylic acids is 3. The van der Waals surface area contributed by atoms with Crippen molar-refractivity contribution < 1.29 is 24.3 Å². The Hall–Kier alpha value is -4.22. The number of carboxylic acids is 1. The number of hydrogen-bond acceptors (Lipinski definition) is 6. The minimum Gasteiger partial charge on any atom is -0.480 e. The van der Waals surface area contributed by atoms with E-state index in [-0.39, 0.29) is 25.2 Å². The number of nitrogens with two attached hydrogens (primary N) is 2. The van der Waals surface area contributed by atoms with Crippen LogP contribution >= 0.6 is 0 Å². The summed E-state index contributed by atoms with van der Waals surface area (Å²) in [5.74, 6) is -2.94. The highest BCUT2D eigenvalue weighted by Crippen LogP contribution is 2.19. The summed E-state index contributed by atoms with van der Waals surface area (Å²) in [7, 11) is 0. The van der Waals surface area contributed by atoms with Crippen molar-refractivity contribution in [2.24, 2.45) is 17.4 Å². The number of carbonyl (C=O) groups is 4. The van der Waals surface area contributed by atoms with E-state index in [1.165, 1.54) is 0 Å². The highest BCUT2D eigenvalue weighted by atomic mass is 16.4. The second kappa shape index (κ2) is 16.4. The molecule has 0 saturated carbocycles. The Labute approximate surface area is 252 Å². The average Bonchev–Trinajstić information content (AvgIpc) is 3.42. The second-order valence-corrected chi connectivity index (χ2v) is 11.0. The monoisotopic (exact) mass is 592 g/mol. The van der Waals surface area contributed by atoms with Gasteiger partial charge in [0.25, 0.3) is 0 Å². The Bertz CT molecular complexity index is 1360. The van der Waals surface area contributed by atoms with Crippen LogP contribution in [0.1, 0.15) is 50.7 Å². The Kier molecular flexibility index (Phi) is 12.7. The molecule has 5 unspecified atom stereocenters. The molecule has 0 saturated heterocycles. The van der Waals surface area contributed by atoms with Gasteiger partial charge >= 0.3 is 5.97 Å². The summed E-state index contributed by atoms with van der Waals surface area (Å²) >= 11 is 0. The van der Waals surface area contributed by atoms with Crippen LogP contribution in [0.25, 0.3) is 10.9 Å². The lowest BCUT2D eigenvalue weighted by Gasteiger charge is -2.26. The van der Waals surface area contributed by atoms with Gasteiger partial charge in [0.05, 0.1) is 6.04 Å². The molecule has 3 rings (SSSR count). The van der Waals surface area contributed by atoms with Gasteiger partial charge in [-0.25, -0.2) is 4.79 Å². The lowest BCUT2D eigenvalue weighted by atomic mass is 9.98. The first-order chi connectivity index (χ1) is 20.6. The number of aromatic amines is 1. The summed E-state index contributed by atoms with van der Waals surface area (Å²) in [5.41, 5.74) is 14.2. The Morgan fingerprint density at radius 3 is 2.14 bits per heavy atom. The predicted octanol–water partition coefficient (Wildman–Crippen LogP) is 1.99. The third-order valence-electron chi connectivity index (χ3n) is 7.77. The van der Waals surface area contributed by atoms with Crippen molar-refractivity contribution in [3.63, 3.8) is 0 Å². The molecule has 0 fully saturated rings. The van der Waals surface area contributed by atoms with Crippen LogP contribution in [0.3, 0.4) is 0 Å². The van der Waals surface area contributed by atoms with E-state index in [1.54, 1.807) is 6.20 Å². The number of carboxylic acid groups (broad SMARTS) is 1. The van der Waals surface area contributed by atoms with Crippen molar-refractivity contribution in [2.75, 3.05) is 6.54 Å². The van der Waals surface area contributed by atoms with E-state index >= 15 is 0 Å². The van der Waals surface area contributed by atoms with Gasteiger partial charge in [0, 0.05) is 29.9 Å². The van der Waals surface area contributed by atoms with Crippen molar-refractivity contribution >= 4 is 34.6 Å². The summed E-state index contributed by atoms with van der Waals surface area (Å²) in [5, 5.41) is 19.0. The van der Waals surface area contributed by atoms with Crippen LogP contribution in [-0.2, 0) is 32.0 Å². The summed E-state index contributed by atoms with van der Waals surface area (Å²) in [6, 6.07) is 12.6. The van der Waals surface area contributed by atoms with Crippen LogP contribution in [-0.4, -0.2) is 64.5 Å². The summed E-state index contributed by atoms with van der Waals surface area (Å²) < 4.78 is 0. The molecule has 232 valence electrons. The van der Waals surface area contributed by atoms with Crippen LogP contribution in [0.4, 0.5) is 0 Å². The van der Waals surface area contributed by atoms with Crippen LogP contribution in [0, 0.1) is 5.92 Å². The molecule has 0 aliphatic carbocycles. The molecule has 3 amide bonds. The first kappa shape index (κ1) is 33.3. The van der Waals surface area contributed by atoms with Crippen molar-refractivity contribution in [3.8, 4) is 0 Å². The highest BCUT2D eigenvalue weighted by molar-refractivity contribution is 5.94. The van der Waals surface area contributed by atoms with E-state index in [0.29, 0.717) is 25.8 Å². The molecule has 0 bridgehead atoms. The molecule has 43 heavy (non-hydrogen) atoms. The van der Waals surface area contributed by atoms with Crippen LogP contribution in [0.2, 0.25) is 0 Å². The zero-order chi connectivity index (χ0) is 31.4. The molecule has 1 aromatic heterocycles. The molecule has 0 spiro atoms. The number of rotatable bonds is 17. The lowest BCUT2D eigenvalue weighted by Crippen LogP contribution is -2.58. The van der Waals surface area contributed by atoms with E-state index < -0.39 is 47.9 Å². The Balaban J connectivity index is 1.79. The van der Waals surface area contributed by atoms with Crippen LogP contribution in [0.5, 0.6) is 0 Å². The lowest BCUT2D eigenvalue weighted by molar-refractivity contribution is -0.142. The third kappa shape index (κ3) is 9.65. The number of aromatic nitrogens is 1. The first-order valence-corrected chi connectivity index (χ1v) is 14.8. The van der Waals surface area contributed by atoms with Gasteiger partial charge in [-0.2, -0.15) is 0 Å². The molecular weight excluding hydrogens is 548 g/mol. The standard InChI is InChI=1S/C32H44N6O5/c1-3-20(2)28(34)31(41)37-26(17-21-11-5-4-6-12-21)30(40)36-25(15-9-10-16-33)29(39)38-27(32(42)43)18-22-19-35-24-14-8-7-13-23(22)24/h4-8,11-14,19-20,25-28,35H,3,9-10,15-18,33-34H2,1-2H3,(H,36,40)(H,37,41)(H,38,39)(H,42,43). The van der Waals surface area contributed by atoms with Crippen molar-refractivity contribution in [3.05, 3.63) is 71.9 Å². The largest absolute Gasteiger partial charge is 0.480 e. The SMILES string of the molecule is CCC(C)C(N)C(=O)NC(Cc1ccccc1)C(=O)NC(CCCCN)C(=O)NC(Cc1c[nH]c2ccccc12)C(=O)O. The van der Waals surface area contributed by atoms with E-state index in [1.807, 2.05) is 68.4 Å². The molecular formula is C32H44N6O5. The fraction of sp³-hybridized carbons (Fsp3) is 0.438. The second-order valence-electron chi connectivity index (χ2n) is 11.0. The topological polar surface area (TPSA) is 192 Å². The van der Waals surface area contributed by atoms with Gasteiger partial charge in [-0.15, -0.1) is 0 Å². The molecule has 2 aromatic carbocycles. The number of fused-ring (bicyclic) bond motifs is 1. The van der Waals surface area contributed by atoms with Gasteiger partial charge in [-0.3, -0.25) is 14.4 Å². The Morgan fingerprint density at radius 2 is 1.47 bits per heavy atom. The molecule has 3 aromatic rings. The fourth-order valence-electron chi connectivity index (χ4n) is 4.87. The molecule has 0 aliphatic heterocycles. The predicted molar refractivity (Wildman–Crippen MR) is 166 cm³/mol. The maximum absolute atomic E-state index is 13.6. The average molecular weight is 593 g/mol. The molecule has 0 aliphatic rings. The van der Waals surface area contributed by atoms with Crippen molar-refractivity contribution in [2.45, 2.75) is 76.5 Å². The summed E-state index contributed by atoms with van der Waals surface area (Å²) in [6.45, 7) is 4.20. The first-order valence-electron chi connectivity index (χ1n) is 14.8. The molecule has 5 atom stereocenters. The van der Waals surface area contributed by atoms with E-state index in [9.17, 15) is 24.3 Å². The summed E-state index contributed by atoms with van der Waals surface area (Å²) in [6.07, 6.45) is 4.04. The van der Waals surface area contributed by atoms with Gasteiger partial charge in [0.1, 0.15) is 18.1 Å². The number of para-hydroxylation sites is 1. The van der Waals surface area contributed by atoms with Gasteiger partial charge in [-0.05, 0) is 48.9 Å². The van der Waals surface area contributed by atoms with Crippen LogP contribution < -0.4 is 27.4 Å². The van der Waals surface area contributed by atoms with Crippen molar-refractivity contribution in [1.82, 2.24) is 20.9 Å². The van der Waals surface area contributed by atoms with Gasteiger partial charge in [-0.1, -0.05) is 68.8 Å². The molecule has 11 nitrogen and oxygen atoms in total. The Morgan fingerprint density at radius 1 is 0.837 bits per heavy atom. The summed E-state index contributed by atoms with van der Waals surface area (Å²) in [4.78, 5) is 55.4. The molecule has 11 heteroatoms. The number of benzene rings is 2. The normalized spacial score (nSPS) is 14.7. The van der Waals surface area contributed by atoms with E-state index in [2.05, 4.69) is 20.9 Å². The van der Waals surface area contributed by atoms with Gasteiger partial charge in [0.2, 0.25) is 17.7 Å². The number of nitrogens with one attached hydrogen (secondary N) is 4. The van der Waals surface area contributed by atoms with Crippen LogP contribution in [0.15, 0.2) is 60.8 Å². The minimum absolute atomic E-state index is 0.0503. The van der Waals surface area contributed by atoms with Gasteiger partial charge in [0.15, 0.2) is 0 Å². The molecule has 1 heterocycles. The zero-order valence-electron chi connectivity index (χ0n) is 24.8. The third-order valence-corrected chi connectivity index (χ3v) is 7.77. The maximum Gasteiger partial charge on any atom is 0.326 e. The highest BCUT2D eigenvalue weighted by Gasteiger charge is 2.31. The number of unbranched alkanes of at least 4 members (excludes halogenated alkanes) is 1. The number of H-pyrrole nitrogens is 1. The fourth-order valence-corrected chi connectivity index (χ4v) is 4.87. The number of hydrogen-bond donors (Lipinski definition) is 7. The van der Waals surface area contributed by atoms with E-state index in [0.717, 1.165) is 22.0 Å². The smallest absolute Gasteiger partial charge is 0.326 e. The maximum atomic E-state index is 13.6. The van der Waals surface area contributed by atoms with Gasteiger partial charge < -0.3 is 37.5 Å². The minimum atomic E-state index is -1.23. The number of amides is 3. The zero-order valence-corrected chi connectivity index (χ0v) is 24.8. The molecule has 0 radical (unpaired) electrons. The quantitative estimate of drug-likeness (QED) is 0.117. The molecule has 9 N–H and O–H groups in total. The van der Waals surface area contributed by atoms with E-state index in [4.69, 9.17) is 11.5 Å². The van der Waals surface area contributed by atoms with Crippen molar-refractivity contribution in [1.29, 1.82) is 0 Å².